The summed E-state index contributed by atoms with van der Waals surface area (Å²) < 4.78 is 27.6. The van der Waals surface area contributed by atoms with E-state index in [-0.39, 0.29) is 10.8 Å². The van der Waals surface area contributed by atoms with Crippen LogP contribution in [0, 0.1) is 0 Å². The molecule has 1 amide bonds. The lowest BCUT2D eigenvalue weighted by Crippen LogP contribution is -2.35. The van der Waals surface area contributed by atoms with Gasteiger partial charge >= 0.3 is 0 Å². The van der Waals surface area contributed by atoms with Crippen LogP contribution in [-0.2, 0) is 23.0 Å². The van der Waals surface area contributed by atoms with Gasteiger partial charge in [0.05, 0.1) is 15.9 Å². The van der Waals surface area contributed by atoms with Gasteiger partial charge in [-0.15, -0.1) is 0 Å². The van der Waals surface area contributed by atoms with Gasteiger partial charge in [-0.1, -0.05) is 36.4 Å². The Labute approximate surface area is 179 Å². The monoisotopic (exact) mass is 432 g/mol. The average Bonchev–Trinajstić information content (AvgIpc) is 3.21. The maximum absolute atomic E-state index is 13.1. The largest absolute Gasteiger partial charge is 0.324 e. The predicted molar refractivity (Wildman–Crippen MR) is 118 cm³/mol. The lowest BCUT2D eigenvalue weighted by atomic mass is 10.0. The van der Waals surface area contributed by atoms with Gasteiger partial charge in [0.15, 0.2) is 0 Å². The zero-order chi connectivity index (χ0) is 21.4. The number of anilines is 1. The van der Waals surface area contributed by atoms with Crippen LogP contribution in [0.4, 0.5) is 5.95 Å². The summed E-state index contributed by atoms with van der Waals surface area (Å²) in [5, 5.41) is 2.71. The van der Waals surface area contributed by atoms with E-state index < -0.39 is 10.0 Å². The number of aromatic amines is 1. The summed E-state index contributed by atoms with van der Waals surface area (Å²) in [6.07, 6.45) is 0.688. The fraction of sp³-hybridized carbons (Fsp3) is 0.130. The first-order valence-corrected chi connectivity index (χ1v) is 11.4. The number of sulfonamides is 1. The minimum absolute atomic E-state index is 0.173. The number of fused-ring (bicyclic) bond motifs is 2. The van der Waals surface area contributed by atoms with Crippen LogP contribution in [0.15, 0.2) is 77.7 Å². The molecule has 4 aromatic rings. The highest BCUT2D eigenvalue weighted by atomic mass is 32.2. The van der Waals surface area contributed by atoms with E-state index in [9.17, 15) is 13.2 Å². The molecule has 0 unspecified atom stereocenters. The molecule has 1 aromatic heterocycles. The summed E-state index contributed by atoms with van der Waals surface area (Å²) in [7, 11) is -3.64. The van der Waals surface area contributed by atoms with Crippen molar-refractivity contribution in [2.45, 2.75) is 17.9 Å². The maximum atomic E-state index is 13.1. The minimum Gasteiger partial charge on any atom is -0.324 e. The summed E-state index contributed by atoms with van der Waals surface area (Å²) in [5.41, 5.74) is 4.14. The van der Waals surface area contributed by atoms with Crippen molar-refractivity contribution in [3.05, 3.63) is 89.5 Å². The second-order valence-electron chi connectivity index (χ2n) is 7.44. The Morgan fingerprint density at radius 2 is 1.65 bits per heavy atom. The number of hydrogen-bond acceptors (Lipinski definition) is 4. The van der Waals surface area contributed by atoms with E-state index in [1.807, 2.05) is 48.5 Å². The highest BCUT2D eigenvalue weighted by molar-refractivity contribution is 7.89. The Morgan fingerprint density at radius 1 is 0.935 bits per heavy atom. The van der Waals surface area contributed by atoms with Crippen LogP contribution in [0.5, 0.6) is 0 Å². The molecule has 0 saturated carbocycles. The molecule has 3 aromatic carbocycles. The zero-order valence-corrected chi connectivity index (χ0v) is 17.4. The number of carbonyl (C=O) groups is 1. The van der Waals surface area contributed by atoms with E-state index in [0.29, 0.717) is 31.0 Å². The number of amides is 1. The van der Waals surface area contributed by atoms with E-state index in [0.717, 1.165) is 16.6 Å². The molecule has 7 nitrogen and oxygen atoms in total. The lowest BCUT2D eigenvalue weighted by Gasteiger charge is -2.28. The molecule has 8 heteroatoms. The third-order valence-electron chi connectivity index (χ3n) is 5.47. The fourth-order valence-corrected chi connectivity index (χ4v) is 5.21. The van der Waals surface area contributed by atoms with Crippen molar-refractivity contribution in [2.24, 2.45) is 0 Å². The molecule has 31 heavy (non-hydrogen) atoms. The zero-order valence-electron chi connectivity index (χ0n) is 16.6. The SMILES string of the molecule is O=C(Nc1nc2ccccc2[nH]1)c1ccc(S(=O)(=O)N2CCc3ccccc3C2)cc1. The number of carbonyl (C=O) groups excluding carboxylic acids is 1. The van der Waals surface area contributed by atoms with Crippen molar-refractivity contribution >= 4 is 32.9 Å². The van der Waals surface area contributed by atoms with Crippen LogP contribution in [0.25, 0.3) is 11.0 Å². The van der Waals surface area contributed by atoms with Gasteiger partial charge in [-0.25, -0.2) is 13.4 Å². The molecule has 2 heterocycles. The van der Waals surface area contributed by atoms with Crippen LogP contribution < -0.4 is 5.32 Å². The van der Waals surface area contributed by atoms with Crippen LogP contribution in [0.2, 0.25) is 0 Å². The van der Waals surface area contributed by atoms with Gasteiger partial charge in [-0.3, -0.25) is 10.1 Å². The number of aromatic nitrogens is 2. The van der Waals surface area contributed by atoms with Crippen molar-refractivity contribution in [3.8, 4) is 0 Å². The number of para-hydroxylation sites is 2. The second kappa shape index (κ2) is 7.64. The number of rotatable bonds is 4. The van der Waals surface area contributed by atoms with Crippen LogP contribution in [0.1, 0.15) is 21.5 Å². The number of nitrogens with one attached hydrogen (secondary N) is 2. The Hall–Kier alpha value is -3.49. The molecule has 0 radical (unpaired) electrons. The van der Waals surface area contributed by atoms with Crippen molar-refractivity contribution in [1.82, 2.24) is 14.3 Å². The molecule has 0 spiro atoms. The van der Waals surface area contributed by atoms with Crippen molar-refractivity contribution < 1.29 is 13.2 Å². The molecule has 1 aliphatic heterocycles. The van der Waals surface area contributed by atoms with Crippen LogP contribution in [-0.4, -0.2) is 35.1 Å². The molecule has 5 rings (SSSR count). The number of H-pyrrole nitrogens is 1. The topological polar surface area (TPSA) is 95.2 Å². The van der Waals surface area contributed by atoms with Crippen molar-refractivity contribution in [1.29, 1.82) is 0 Å². The summed E-state index contributed by atoms with van der Waals surface area (Å²) in [6.45, 7) is 0.792. The van der Waals surface area contributed by atoms with Crippen molar-refractivity contribution in [3.63, 3.8) is 0 Å². The number of imidazole rings is 1. The van der Waals surface area contributed by atoms with E-state index >= 15 is 0 Å². The van der Waals surface area contributed by atoms with Gasteiger partial charge in [0.2, 0.25) is 16.0 Å². The number of nitrogens with zero attached hydrogens (tertiary/aromatic N) is 2. The van der Waals surface area contributed by atoms with Gasteiger partial charge in [-0.05, 0) is 53.9 Å². The van der Waals surface area contributed by atoms with Gasteiger partial charge < -0.3 is 4.98 Å². The van der Waals surface area contributed by atoms with Gasteiger partial charge in [0.1, 0.15) is 0 Å². The molecular weight excluding hydrogens is 412 g/mol. The molecule has 0 aliphatic carbocycles. The lowest BCUT2D eigenvalue weighted by molar-refractivity contribution is 0.102. The third kappa shape index (κ3) is 3.71. The molecule has 0 bridgehead atoms. The minimum atomic E-state index is -3.64. The van der Waals surface area contributed by atoms with E-state index in [2.05, 4.69) is 15.3 Å². The summed E-state index contributed by atoms with van der Waals surface area (Å²) in [5.74, 6) is -0.0233. The summed E-state index contributed by atoms with van der Waals surface area (Å²) >= 11 is 0. The van der Waals surface area contributed by atoms with E-state index in [1.54, 1.807) is 0 Å². The normalized spacial score (nSPS) is 14.3. The third-order valence-corrected chi connectivity index (χ3v) is 7.33. The molecule has 1 aliphatic rings. The van der Waals surface area contributed by atoms with Crippen LogP contribution in [0.3, 0.4) is 0 Å². The fourth-order valence-electron chi connectivity index (χ4n) is 3.79. The Balaban J connectivity index is 1.32. The first kappa shape index (κ1) is 19.5. The van der Waals surface area contributed by atoms with Crippen LogP contribution >= 0.6 is 0 Å². The highest BCUT2D eigenvalue weighted by Crippen LogP contribution is 2.25. The molecular formula is C23H20N4O3S. The smallest absolute Gasteiger partial charge is 0.257 e. The molecule has 0 atom stereocenters. The summed E-state index contributed by atoms with van der Waals surface area (Å²) in [4.78, 5) is 20.1. The number of hydrogen-bond donors (Lipinski definition) is 2. The quantitative estimate of drug-likeness (QED) is 0.515. The standard InChI is InChI=1S/C23H20N4O3S/c28-22(26-23-24-20-7-3-4-8-21(20)25-23)17-9-11-19(12-10-17)31(29,30)27-14-13-16-5-1-2-6-18(16)15-27/h1-12H,13-15H2,(H2,24,25,26,28). The summed E-state index contributed by atoms with van der Waals surface area (Å²) in [6, 6.07) is 21.3. The second-order valence-corrected chi connectivity index (χ2v) is 9.38. The Morgan fingerprint density at radius 3 is 2.42 bits per heavy atom. The van der Waals surface area contributed by atoms with Gasteiger partial charge in [0.25, 0.3) is 5.91 Å². The van der Waals surface area contributed by atoms with E-state index in [4.69, 9.17) is 0 Å². The first-order chi connectivity index (χ1) is 15.0. The molecule has 0 saturated heterocycles. The molecule has 2 N–H and O–H groups in total. The molecule has 0 fully saturated rings. The first-order valence-electron chi connectivity index (χ1n) is 9.94. The number of benzene rings is 3. The van der Waals surface area contributed by atoms with Gasteiger partial charge in [-0.2, -0.15) is 4.31 Å². The predicted octanol–water partition coefficient (Wildman–Crippen LogP) is 3.56. The molecule has 156 valence electrons. The average molecular weight is 433 g/mol. The highest BCUT2D eigenvalue weighted by Gasteiger charge is 2.28. The Kier molecular flexibility index (Phi) is 4.80. The Bertz CT molecular complexity index is 1340. The van der Waals surface area contributed by atoms with E-state index in [1.165, 1.54) is 34.1 Å². The van der Waals surface area contributed by atoms with Crippen molar-refractivity contribution in [2.75, 3.05) is 11.9 Å². The van der Waals surface area contributed by atoms with Gasteiger partial charge in [0, 0.05) is 18.7 Å². The maximum Gasteiger partial charge on any atom is 0.257 e.